The molecule has 1 aromatic carbocycles. The van der Waals surface area contributed by atoms with Crippen molar-refractivity contribution in [1.82, 2.24) is 4.98 Å². The second-order valence-corrected chi connectivity index (χ2v) is 4.46. The molecule has 2 aromatic rings. The third kappa shape index (κ3) is 1.55. The number of anilines is 1. The molecule has 0 spiro atoms. The van der Waals surface area contributed by atoms with E-state index in [-0.39, 0.29) is 6.04 Å². The molecule has 0 radical (unpaired) electrons. The zero-order valence-electron chi connectivity index (χ0n) is 9.31. The molecule has 4 heteroatoms. The van der Waals surface area contributed by atoms with E-state index >= 15 is 0 Å². The molecule has 0 aliphatic carbocycles. The Morgan fingerprint density at radius 2 is 2.38 bits per heavy atom. The molecule has 1 fully saturated rings. The number of hydrogen-bond acceptors (Lipinski definition) is 4. The molecular weight excluding hydrogens is 202 g/mol. The monoisotopic (exact) mass is 217 g/mol. The van der Waals surface area contributed by atoms with E-state index in [1.165, 1.54) is 5.56 Å². The van der Waals surface area contributed by atoms with E-state index in [2.05, 4.69) is 9.88 Å². The summed E-state index contributed by atoms with van der Waals surface area (Å²) in [6, 6.07) is 7.00. The van der Waals surface area contributed by atoms with Gasteiger partial charge in [-0.3, -0.25) is 0 Å². The van der Waals surface area contributed by atoms with Crippen LogP contribution in [0.5, 0.6) is 0 Å². The Balaban J connectivity index is 1.99. The van der Waals surface area contributed by atoms with Gasteiger partial charge in [-0.15, -0.1) is 0 Å². The van der Waals surface area contributed by atoms with E-state index in [0.29, 0.717) is 6.01 Å². The quantitative estimate of drug-likeness (QED) is 0.789. The van der Waals surface area contributed by atoms with Gasteiger partial charge in [-0.05, 0) is 31.0 Å². The number of fused-ring (bicyclic) bond motifs is 1. The number of aryl methyl sites for hydroxylation is 1. The zero-order chi connectivity index (χ0) is 11.1. The van der Waals surface area contributed by atoms with Gasteiger partial charge in [0.2, 0.25) is 0 Å². The van der Waals surface area contributed by atoms with Gasteiger partial charge in [0.25, 0.3) is 6.01 Å². The van der Waals surface area contributed by atoms with Crippen LogP contribution in [0.4, 0.5) is 6.01 Å². The number of nitrogens with two attached hydrogens (primary N) is 1. The third-order valence-electron chi connectivity index (χ3n) is 3.03. The summed E-state index contributed by atoms with van der Waals surface area (Å²) < 4.78 is 5.74. The molecule has 1 atom stereocenters. The molecule has 3 rings (SSSR count). The fourth-order valence-electron chi connectivity index (χ4n) is 2.12. The van der Waals surface area contributed by atoms with Crippen LogP contribution in [0.2, 0.25) is 0 Å². The van der Waals surface area contributed by atoms with E-state index in [1.54, 1.807) is 0 Å². The Hall–Kier alpha value is -1.55. The van der Waals surface area contributed by atoms with E-state index in [4.69, 9.17) is 10.2 Å². The lowest BCUT2D eigenvalue weighted by atomic mass is 10.2. The predicted molar refractivity (Wildman–Crippen MR) is 63.6 cm³/mol. The average Bonchev–Trinajstić information content (AvgIpc) is 2.83. The fraction of sp³-hybridized carbons (Fsp3) is 0.417. The normalized spacial score (nSPS) is 20.9. The van der Waals surface area contributed by atoms with Crippen molar-refractivity contribution in [2.24, 2.45) is 5.73 Å². The van der Waals surface area contributed by atoms with Crippen LogP contribution in [-0.4, -0.2) is 24.1 Å². The number of rotatable bonds is 1. The Labute approximate surface area is 94.0 Å². The molecule has 4 nitrogen and oxygen atoms in total. The molecule has 16 heavy (non-hydrogen) atoms. The number of oxazole rings is 1. The maximum absolute atomic E-state index is 5.87. The molecule has 1 saturated heterocycles. The molecule has 1 aliphatic heterocycles. The van der Waals surface area contributed by atoms with E-state index < -0.39 is 0 Å². The molecule has 1 unspecified atom stereocenters. The van der Waals surface area contributed by atoms with Crippen molar-refractivity contribution in [2.75, 3.05) is 18.0 Å². The van der Waals surface area contributed by atoms with Crippen molar-refractivity contribution in [3.8, 4) is 0 Å². The summed E-state index contributed by atoms with van der Waals surface area (Å²) in [7, 11) is 0. The van der Waals surface area contributed by atoms with E-state index in [9.17, 15) is 0 Å². The van der Waals surface area contributed by atoms with Gasteiger partial charge in [0.15, 0.2) is 5.58 Å². The van der Waals surface area contributed by atoms with E-state index in [1.807, 2.05) is 25.1 Å². The maximum atomic E-state index is 5.87. The average molecular weight is 217 g/mol. The first-order chi connectivity index (χ1) is 7.72. The number of benzene rings is 1. The Morgan fingerprint density at radius 3 is 3.12 bits per heavy atom. The summed E-state index contributed by atoms with van der Waals surface area (Å²) >= 11 is 0. The summed E-state index contributed by atoms with van der Waals surface area (Å²) in [4.78, 5) is 6.59. The highest BCUT2D eigenvalue weighted by Gasteiger charge is 2.23. The maximum Gasteiger partial charge on any atom is 0.298 e. The molecule has 1 aliphatic rings. The highest BCUT2D eigenvalue weighted by Crippen LogP contribution is 2.25. The van der Waals surface area contributed by atoms with Crippen LogP contribution in [0, 0.1) is 6.92 Å². The van der Waals surface area contributed by atoms with Gasteiger partial charge in [-0.25, -0.2) is 0 Å². The topological polar surface area (TPSA) is 55.3 Å². The first-order valence-electron chi connectivity index (χ1n) is 5.60. The molecule has 2 N–H and O–H groups in total. The molecule has 84 valence electrons. The summed E-state index contributed by atoms with van der Waals surface area (Å²) in [6.07, 6.45) is 1.01. The minimum Gasteiger partial charge on any atom is -0.423 e. The van der Waals surface area contributed by atoms with Crippen molar-refractivity contribution in [2.45, 2.75) is 19.4 Å². The van der Waals surface area contributed by atoms with Gasteiger partial charge in [0, 0.05) is 19.1 Å². The van der Waals surface area contributed by atoms with Crippen molar-refractivity contribution < 1.29 is 4.42 Å². The van der Waals surface area contributed by atoms with Crippen LogP contribution in [0.3, 0.4) is 0 Å². The van der Waals surface area contributed by atoms with Crippen LogP contribution in [0.15, 0.2) is 22.6 Å². The molecule has 0 bridgehead atoms. The highest BCUT2D eigenvalue weighted by atomic mass is 16.4. The van der Waals surface area contributed by atoms with Crippen LogP contribution in [0.1, 0.15) is 12.0 Å². The van der Waals surface area contributed by atoms with Gasteiger partial charge in [0.05, 0.1) is 0 Å². The van der Waals surface area contributed by atoms with Gasteiger partial charge < -0.3 is 15.1 Å². The van der Waals surface area contributed by atoms with Crippen LogP contribution < -0.4 is 10.6 Å². The van der Waals surface area contributed by atoms with Crippen molar-refractivity contribution >= 4 is 17.1 Å². The minimum absolute atomic E-state index is 0.247. The molecular formula is C12H15N3O. The predicted octanol–water partition coefficient (Wildman–Crippen LogP) is 1.67. The van der Waals surface area contributed by atoms with Crippen LogP contribution in [0.25, 0.3) is 11.1 Å². The summed E-state index contributed by atoms with van der Waals surface area (Å²) in [5.41, 5.74) is 8.83. The van der Waals surface area contributed by atoms with E-state index in [0.717, 1.165) is 30.6 Å². The SMILES string of the molecule is Cc1ccc2nc(N3CCC(N)C3)oc2c1. The second-order valence-electron chi connectivity index (χ2n) is 4.46. The molecule has 0 saturated carbocycles. The third-order valence-corrected chi connectivity index (χ3v) is 3.03. The summed E-state index contributed by atoms with van der Waals surface area (Å²) in [5.74, 6) is 0. The zero-order valence-corrected chi connectivity index (χ0v) is 9.31. The first-order valence-corrected chi connectivity index (χ1v) is 5.60. The van der Waals surface area contributed by atoms with Gasteiger partial charge in [-0.1, -0.05) is 6.07 Å². The van der Waals surface area contributed by atoms with Crippen molar-refractivity contribution in [3.05, 3.63) is 23.8 Å². The first kappa shape index (κ1) is 9.66. The lowest BCUT2D eigenvalue weighted by molar-refractivity contribution is 0.583. The Morgan fingerprint density at radius 1 is 1.50 bits per heavy atom. The molecule has 0 amide bonds. The lowest BCUT2D eigenvalue weighted by Gasteiger charge is -2.11. The van der Waals surface area contributed by atoms with Crippen molar-refractivity contribution in [1.29, 1.82) is 0 Å². The largest absolute Gasteiger partial charge is 0.423 e. The number of aromatic nitrogens is 1. The Kier molecular flexibility index (Phi) is 2.11. The van der Waals surface area contributed by atoms with Gasteiger partial charge >= 0.3 is 0 Å². The van der Waals surface area contributed by atoms with Crippen LogP contribution in [-0.2, 0) is 0 Å². The summed E-state index contributed by atoms with van der Waals surface area (Å²) in [5, 5.41) is 0. The number of hydrogen-bond donors (Lipinski definition) is 1. The van der Waals surface area contributed by atoms with Crippen molar-refractivity contribution in [3.63, 3.8) is 0 Å². The summed E-state index contributed by atoms with van der Waals surface area (Å²) in [6.45, 7) is 3.83. The fourth-order valence-corrected chi connectivity index (χ4v) is 2.12. The number of nitrogens with zero attached hydrogens (tertiary/aromatic N) is 2. The lowest BCUT2D eigenvalue weighted by Crippen LogP contribution is -2.26. The Bertz CT molecular complexity index is 520. The molecule has 1 aromatic heterocycles. The van der Waals surface area contributed by atoms with Gasteiger partial charge in [0.1, 0.15) is 5.52 Å². The minimum atomic E-state index is 0.247. The smallest absolute Gasteiger partial charge is 0.298 e. The van der Waals surface area contributed by atoms with Gasteiger partial charge in [-0.2, -0.15) is 4.98 Å². The standard InChI is InChI=1S/C12H15N3O/c1-8-2-3-10-11(6-8)16-12(14-10)15-5-4-9(13)7-15/h2-3,6,9H,4-5,7,13H2,1H3. The highest BCUT2D eigenvalue weighted by molar-refractivity contribution is 5.75. The molecule has 2 heterocycles. The van der Waals surface area contributed by atoms with Crippen LogP contribution >= 0.6 is 0 Å². The second kappa shape index (κ2) is 3.49.